The Morgan fingerprint density at radius 1 is 1.19 bits per heavy atom. The summed E-state index contributed by atoms with van der Waals surface area (Å²) in [6, 6.07) is 8.96. The van der Waals surface area contributed by atoms with Crippen molar-refractivity contribution in [3.8, 4) is 11.5 Å². The highest BCUT2D eigenvalue weighted by Crippen LogP contribution is 2.31. The minimum atomic E-state index is -0.0979. The largest absolute Gasteiger partial charge is 0.493 e. The first kappa shape index (κ1) is 18.0. The number of nitrogens with zero attached hydrogens (tertiary/aromatic N) is 1. The van der Waals surface area contributed by atoms with Crippen LogP contribution >= 0.6 is 0 Å². The van der Waals surface area contributed by atoms with Crippen LogP contribution in [-0.2, 0) is 11.3 Å². The number of hydrogen-bond donors (Lipinski definition) is 0. The van der Waals surface area contributed by atoms with Crippen molar-refractivity contribution < 1.29 is 23.5 Å². The highest BCUT2D eigenvalue weighted by molar-refractivity contribution is 5.94. The third-order valence-corrected chi connectivity index (χ3v) is 4.35. The normalized spacial score (nSPS) is 13.3. The number of rotatable bonds is 8. The van der Waals surface area contributed by atoms with Gasteiger partial charge < -0.3 is 18.8 Å². The molecule has 0 atom stereocenters. The second kappa shape index (κ2) is 7.64. The predicted octanol–water partition coefficient (Wildman–Crippen LogP) is 3.37. The molecule has 0 radical (unpaired) electrons. The summed E-state index contributed by atoms with van der Waals surface area (Å²) in [6.45, 7) is 3.72. The second-order valence-electron chi connectivity index (χ2n) is 6.48. The lowest BCUT2D eigenvalue weighted by molar-refractivity contribution is -0.134. The van der Waals surface area contributed by atoms with Gasteiger partial charge in [0.05, 0.1) is 13.7 Å². The molecule has 138 valence electrons. The van der Waals surface area contributed by atoms with Crippen molar-refractivity contribution in [2.45, 2.75) is 39.3 Å². The number of amides is 1. The summed E-state index contributed by atoms with van der Waals surface area (Å²) in [6.07, 6.45) is 2.00. The zero-order valence-corrected chi connectivity index (χ0v) is 15.3. The predicted molar refractivity (Wildman–Crippen MR) is 95.5 cm³/mol. The van der Waals surface area contributed by atoms with Crippen molar-refractivity contribution in [1.82, 2.24) is 4.90 Å². The molecule has 1 amide bonds. The fraction of sp³-hybridized carbons (Fsp3) is 0.400. The fourth-order valence-corrected chi connectivity index (χ4v) is 2.77. The average Bonchev–Trinajstić information content (AvgIpc) is 3.39. The van der Waals surface area contributed by atoms with Gasteiger partial charge in [-0.1, -0.05) is 0 Å². The number of carbonyl (C=O) groups is 2. The van der Waals surface area contributed by atoms with E-state index in [4.69, 9.17) is 13.9 Å². The first-order chi connectivity index (χ1) is 12.5. The number of ketones is 1. The van der Waals surface area contributed by atoms with Crippen molar-refractivity contribution in [2.75, 3.05) is 13.7 Å². The minimum absolute atomic E-state index is 0.0559. The summed E-state index contributed by atoms with van der Waals surface area (Å²) < 4.78 is 16.5. The SMILES string of the molecule is COc1cc(C(C)=O)ccc1OCC(=O)N(Cc1ccc(C)o1)C1CC1. The molecule has 1 saturated carbocycles. The summed E-state index contributed by atoms with van der Waals surface area (Å²) in [5.74, 6) is 2.32. The van der Waals surface area contributed by atoms with E-state index in [0.29, 0.717) is 23.6 Å². The van der Waals surface area contributed by atoms with Gasteiger partial charge >= 0.3 is 0 Å². The average molecular weight is 357 g/mol. The topological polar surface area (TPSA) is 69.0 Å². The molecule has 6 nitrogen and oxygen atoms in total. The highest BCUT2D eigenvalue weighted by atomic mass is 16.5. The Balaban J connectivity index is 1.65. The molecule has 1 aromatic heterocycles. The molecule has 1 aliphatic carbocycles. The molecule has 1 aliphatic rings. The molecular formula is C20H23NO5. The van der Waals surface area contributed by atoms with Gasteiger partial charge in [0.15, 0.2) is 23.9 Å². The molecule has 6 heteroatoms. The van der Waals surface area contributed by atoms with Crippen LogP contribution in [0.3, 0.4) is 0 Å². The Kier molecular flexibility index (Phi) is 5.30. The Labute approximate surface area is 152 Å². The maximum atomic E-state index is 12.6. The molecule has 1 heterocycles. The Morgan fingerprint density at radius 3 is 2.54 bits per heavy atom. The van der Waals surface area contributed by atoms with Crippen molar-refractivity contribution in [2.24, 2.45) is 0 Å². The molecule has 26 heavy (non-hydrogen) atoms. The standard InChI is InChI=1S/C20H23NO5/c1-13-4-8-17(26-13)11-21(16-6-7-16)20(23)12-25-18-9-5-15(14(2)22)10-19(18)24-3/h4-5,8-10,16H,6-7,11-12H2,1-3H3. The number of furan rings is 1. The van der Waals surface area contributed by atoms with E-state index in [1.165, 1.54) is 14.0 Å². The van der Waals surface area contributed by atoms with E-state index in [2.05, 4.69) is 0 Å². The number of ether oxygens (including phenoxy) is 2. The molecule has 2 aromatic rings. The molecule has 0 unspecified atom stereocenters. The van der Waals surface area contributed by atoms with Crippen molar-refractivity contribution >= 4 is 11.7 Å². The Morgan fingerprint density at radius 2 is 1.96 bits per heavy atom. The van der Waals surface area contributed by atoms with Crippen LogP contribution in [0.5, 0.6) is 11.5 Å². The van der Waals surface area contributed by atoms with Crippen molar-refractivity contribution in [3.63, 3.8) is 0 Å². The van der Waals surface area contributed by atoms with Gasteiger partial charge in [-0.2, -0.15) is 0 Å². The lowest BCUT2D eigenvalue weighted by atomic mass is 10.1. The second-order valence-corrected chi connectivity index (χ2v) is 6.48. The summed E-state index contributed by atoms with van der Waals surface area (Å²) in [5.41, 5.74) is 0.535. The minimum Gasteiger partial charge on any atom is -0.493 e. The van der Waals surface area contributed by atoms with Crippen molar-refractivity contribution in [3.05, 3.63) is 47.4 Å². The van der Waals surface area contributed by atoms with Gasteiger partial charge in [-0.25, -0.2) is 0 Å². The fourth-order valence-electron chi connectivity index (χ4n) is 2.77. The number of aryl methyl sites for hydroxylation is 1. The van der Waals surface area contributed by atoms with Gasteiger partial charge in [0.1, 0.15) is 11.5 Å². The summed E-state index contributed by atoms with van der Waals surface area (Å²) in [4.78, 5) is 25.9. The van der Waals surface area contributed by atoms with Gasteiger partial charge in [0, 0.05) is 11.6 Å². The molecule has 0 saturated heterocycles. The summed E-state index contributed by atoms with van der Waals surface area (Å²) >= 11 is 0. The number of methoxy groups -OCH3 is 1. The third-order valence-electron chi connectivity index (χ3n) is 4.35. The van der Waals surface area contributed by atoms with E-state index in [9.17, 15) is 9.59 Å². The van der Waals surface area contributed by atoms with Crippen molar-refractivity contribution in [1.29, 1.82) is 0 Å². The Hall–Kier alpha value is -2.76. The molecule has 3 rings (SSSR count). The van der Waals surface area contributed by atoms with Gasteiger partial charge in [-0.15, -0.1) is 0 Å². The summed E-state index contributed by atoms with van der Waals surface area (Å²) in [5, 5.41) is 0. The highest BCUT2D eigenvalue weighted by Gasteiger charge is 2.33. The zero-order chi connectivity index (χ0) is 18.7. The molecule has 0 aliphatic heterocycles. The lowest BCUT2D eigenvalue weighted by Crippen LogP contribution is -2.36. The molecule has 0 N–H and O–H groups in total. The van der Waals surface area contributed by atoms with Gasteiger partial charge in [-0.3, -0.25) is 9.59 Å². The van der Waals surface area contributed by atoms with Gasteiger partial charge in [-0.05, 0) is 57.0 Å². The maximum Gasteiger partial charge on any atom is 0.261 e. The first-order valence-corrected chi connectivity index (χ1v) is 8.64. The molecule has 1 fully saturated rings. The third kappa shape index (κ3) is 4.25. The quantitative estimate of drug-likeness (QED) is 0.678. The van der Waals surface area contributed by atoms with Gasteiger partial charge in [0.2, 0.25) is 0 Å². The lowest BCUT2D eigenvalue weighted by Gasteiger charge is -2.21. The smallest absolute Gasteiger partial charge is 0.261 e. The van der Waals surface area contributed by atoms with E-state index < -0.39 is 0 Å². The Bertz CT molecular complexity index is 806. The van der Waals surface area contributed by atoms with E-state index >= 15 is 0 Å². The molecule has 0 spiro atoms. The van der Waals surface area contributed by atoms with Crippen LogP contribution in [-0.4, -0.2) is 36.3 Å². The van der Waals surface area contributed by atoms with E-state index in [1.807, 2.05) is 19.1 Å². The molecule has 0 bridgehead atoms. The van der Waals surface area contributed by atoms with Crippen LogP contribution in [0, 0.1) is 6.92 Å². The first-order valence-electron chi connectivity index (χ1n) is 8.64. The number of hydrogen-bond acceptors (Lipinski definition) is 5. The van der Waals surface area contributed by atoms with Crippen LogP contribution in [0.25, 0.3) is 0 Å². The van der Waals surface area contributed by atoms with Crippen LogP contribution in [0.2, 0.25) is 0 Å². The zero-order valence-electron chi connectivity index (χ0n) is 15.3. The number of benzene rings is 1. The molecular weight excluding hydrogens is 334 g/mol. The van der Waals surface area contributed by atoms with Crippen LogP contribution in [0.4, 0.5) is 0 Å². The van der Waals surface area contributed by atoms with Crippen LogP contribution in [0.1, 0.15) is 41.6 Å². The monoisotopic (exact) mass is 357 g/mol. The van der Waals surface area contributed by atoms with Crippen LogP contribution in [0.15, 0.2) is 34.7 Å². The molecule has 1 aromatic carbocycles. The van der Waals surface area contributed by atoms with E-state index in [-0.39, 0.29) is 24.3 Å². The van der Waals surface area contributed by atoms with Crippen LogP contribution < -0.4 is 9.47 Å². The van der Waals surface area contributed by atoms with E-state index in [1.54, 1.807) is 23.1 Å². The van der Waals surface area contributed by atoms with E-state index in [0.717, 1.165) is 24.4 Å². The summed E-state index contributed by atoms with van der Waals surface area (Å²) in [7, 11) is 1.50. The number of carbonyl (C=O) groups excluding carboxylic acids is 2. The number of Topliss-reactive ketones (excluding diaryl/α,β-unsaturated/α-hetero) is 1. The maximum absolute atomic E-state index is 12.6. The van der Waals surface area contributed by atoms with Gasteiger partial charge in [0.25, 0.3) is 5.91 Å².